The number of para-hydroxylation sites is 1. The van der Waals surface area contributed by atoms with Gasteiger partial charge in [0.1, 0.15) is 11.4 Å². The van der Waals surface area contributed by atoms with E-state index in [4.69, 9.17) is 0 Å². The van der Waals surface area contributed by atoms with Crippen molar-refractivity contribution in [3.63, 3.8) is 0 Å². The van der Waals surface area contributed by atoms with E-state index in [1.807, 2.05) is 5.43 Å². The number of halogens is 4. The molecule has 0 aliphatic heterocycles. The lowest BCUT2D eigenvalue weighted by Gasteiger charge is -2.07. The number of nitrogens with one attached hydrogen (secondary N) is 1. The molecule has 1 N–H and O–H groups in total. The summed E-state index contributed by atoms with van der Waals surface area (Å²) in [5, 5.41) is 14.2. The maximum Gasteiger partial charge on any atom is 0.416 e. The third kappa shape index (κ3) is 4.37. The number of nitro groups is 1. The Morgan fingerprint density at radius 1 is 1.20 bits per heavy atom. The fourth-order valence-corrected chi connectivity index (χ4v) is 1.85. The summed E-state index contributed by atoms with van der Waals surface area (Å²) < 4.78 is 50.9. The maximum atomic E-state index is 13.6. The van der Waals surface area contributed by atoms with Gasteiger partial charge in [0.2, 0.25) is 0 Å². The van der Waals surface area contributed by atoms with E-state index in [1.165, 1.54) is 18.2 Å². The largest absolute Gasteiger partial charge is 0.416 e. The number of carbonyl (C=O) groups is 1. The minimum Gasteiger partial charge on any atom is -0.267 e. The van der Waals surface area contributed by atoms with Crippen molar-refractivity contribution >= 4 is 17.8 Å². The third-order valence-corrected chi connectivity index (χ3v) is 3.04. The molecule has 0 heterocycles. The van der Waals surface area contributed by atoms with Crippen LogP contribution in [0.4, 0.5) is 23.2 Å². The van der Waals surface area contributed by atoms with Gasteiger partial charge in [0.25, 0.3) is 11.6 Å². The Kier molecular flexibility index (Phi) is 5.11. The first-order valence-corrected chi connectivity index (χ1v) is 6.63. The Balaban J connectivity index is 2.14. The number of hydrogen-bond donors (Lipinski definition) is 1. The molecule has 6 nitrogen and oxygen atoms in total. The fourth-order valence-electron chi connectivity index (χ4n) is 1.85. The molecule has 0 saturated heterocycles. The smallest absolute Gasteiger partial charge is 0.267 e. The van der Waals surface area contributed by atoms with E-state index < -0.39 is 34.1 Å². The molecule has 2 aromatic carbocycles. The van der Waals surface area contributed by atoms with Crippen LogP contribution in [0.1, 0.15) is 21.5 Å². The van der Waals surface area contributed by atoms with E-state index >= 15 is 0 Å². The first-order valence-electron chi connectivity index (χ1n) is 6.63. The summed E-state index contributed by atoms with van der Waals surface area (Å²) in [5.41, 5.74) is -0.219. The lowest BCUT2D eigenvalue weighted by atomic mass is 10.1. The molecular formula is C15H9F4N3O3. The highest BCUT2D eigenvalue weighted by Gasteiger charge is 2.31. The monoisotopic (exact) mass is 355 g/mol. The first kappa shape index (κ1) is 18.0. The van der Waals surface area contributed by atoms with Gasteiger partial charge < -0.3 is 0 Å². The lowest BCUT2D eigenvalue weighted by Crippen LogP contribution is -2.19. The summed E-state index contributed by atoms with van der Waals surface area (Å²) >= 11 is 0. The molecule has 0 spiro atoms. The van der Waals surface area contributed by atoms with Gasteiger partial charge in [-0.15, -0.1) is 0 Å². The van der Waals surface area contributed by atoms with Crippen molar-refractivity contribution in [2.45, 2.75) is 6.18 Å². The molecule has 130 valence electrons. The van der Waals surface area contributed by atoms with Crippen LogP contribution in [-0.4, -0.2) is 17.0 Å². The molecular weight excluding hydrogens is 346 g/mol. The second-order valence-electron chi connectivity index (χ2n) is 4.71. The quantitative estimate of drug-likeness (QED) is 0.394. The van der Waals surface area contributed by atoms with Crippen LogP contribution in [0.25, 0.3) is 0 Å². The van der Waals surface area contributed by atoms with Crippen molar-refractivity contribution in [2.75, 3.05) is 0 Å². The maximum absolute atomic E-state index is 13.6. The van der Waals surface area contributed by atoms with Crippen molar-refractivity contribution in [1.29, 1.82) is 0 Å². The number of nitro benzene ring substituents is 1. The van der Waals surface area contributed by atoms with E-state index in [2.05, 4.69) is 5.10 Å². The zero-order valence-electron chi connectivity index (χ0n) is 12.2. The summed E-state index contributed by atoms with van der Waals surface area (Å²) in [6, 6.07) is 6.89. The van der Waals surface area contributed by atoms with Crippen LogP contribution in [0.15, 0.2) is 47.6 Å². The van der Waals surface area contributed by atoms with E-state index in [-0.39, 0.29) is 11.1 Å². The van der Waals surface area contributed by atoms with Crippen molar-refractivity contribution < 1.29 is 27.3 Å². The Morgan fingerprint density at radius 2 is 1.88 bits per heavy atom. The molecule has 0 unspecified atom stereocenters. The molecule has 0 aliphatic carbocycles. The Labute approximate surface area is 137 Å². The second kappa shape index (κ2) is 7.07. The summed E-state index contributed by atoms with van der Waals surface area (Å²) in [6.45, 7) is 0. The highest BCUT2D eigenvalue weighted by Crippen LogP contribution is 2.29. The van der Waals surface area contributed by atoms with Gasteiger partial charge in [-0.25, -0.2) is 9.82 Å². The molecule has 0 fully saturated rings. The number of hydrazone groups is 1. The Hall–Kier alpha value is -3.30. The van der Waals surface area contributed by atoms with E-state index in [0.717, 1.165) is 18.3 Å². The van der Waals surface area contributed by atoms with Crippen molar-refractivity contribution in [2.24, 2.45) is 5.10 Å². The number of amides is 1. The molecule has 0 atom stereocenters. The van der Waals surface area contributed by atoms with Gasteiger partial charge in [-0.3, -0.25) is 14.9 Å². The summed E-state index contributed by atoms with van der Waals surface area (Å²) in [6.07, 6.45) is -3.89. The zero-order valence-corrected chi connectivity index (χ0v) is 12.2. The van der Waals surface area contributed by atoms with Crippen LogP contribution in [-0.2, 0) is 6.18 Å². The van der Waals surface area contributed by atoms with Crippen LogP contribution in [0.3, 0.4) is 0 Å². The average molecular weight is 355 g/mol. The number of rotatable bonds is 4. The van der Waals surface area contributed by atoms with Crippen LogP contribution in [0.5, 0.6) is 0 Å². The molecule has 1 amide bonds. The molecule has 0 aromatic heterocycles. The van der Waals surface area contributed by atoms with E-state index in [9.17, 15) is 32.5 Å². The van der Waals surface area contributed by atoms with Crippen molar-refractivity contribution in [1.82, 2.24) is 5.43 Å². The van der Waals surface area contributed by atoms with Crippen molar-refractivity contribution in [3.8, 4) is 0 Å². The van der Waals surface area contributed by atoms with Crippen LogP contribution < -0.4 is 5.43 Å². The topological polar surface area (TPSA) is 84.6 Å². The Morgan fingerprint density at radius 3 is 2.48 bits per heavy atom. The van der Waals surface area contributed by atoms with Gasteiger partial charge >= 0.3 is 6.18 Å². The normalized spacial score (nSPS) is 11.5. The zero-order chi connectivity index (χ0) is 18.6. The van der Waals surface area contributed by atoms with Crippen LogP contribution in [0.2, 0.25) is 0 Å². The number of benzene rings is 2. The predicted octanol–water partition coefficient (Wildman–Crippen LogP) is 3.52. The van der Waals surface area contributed by atoms with Gasteiger partial charge in [0.05, 0.1) is 16.7 Å². The minimum atomic E-state index is -4.68. The second-order valence-corrected chi connectivity index (χ2v) is 4.71. The molecule has 2 aromatic rings. The van der Waals surface area contributed by atoms with Gasteiger partial charge in [0, 0.05) is 11.6 Å². The molecule has 2 rings (SSSR count). The molecule has 0 aliphatic rings. The summed E-state index contributed by atoms with van der Waals surface area (Å²) in [7, 11) is 0. The van der Waals surface area contributed by atoms with E-state index in [1.54, 1.807) is 0 Å². The highest BCUT2D eigenvalue weighted by molar-refractivity contribution is 5.98. The van der Waals surface area contributed by atoms with Gasteiger partial charge in [0.15, 0.2) is 0 Å². The predicted molar refractivity (Wildman–Crippen MR) is 79.6 cm³/mol. The first-order chi connectivity index (χ1) is 11.7. The van der Waals surface area contributed by atoms with Gasteiger partial charge in [-0.1, -0.05) is 12.1 Å². The van der Waals surface area contributed by atoms with Gasteiger partial charge in [-0.05, 0) is 24.3 Å². The number of carbonyl (C=O) groups excluding carboxylic acids is 1. The summed E-state index contributed by atoms with van der Waals surface area (Å²) in [4.78, 5) is 21.9. The van der Waals surface area contributed by atoms with Crippen molar-refractivity contribution in [3.05, 3.63) is 75.1 Å². The fraction of sp³-hybridized carbons (Fsp3) is 0.0667. The minimum absolute atomic E-state index is 0.266. The van der Waals surface area contributed by atoms with E-state index in [0.29, 0.717) is 12.1 Å². The number of alkyl halides is 3. The summed E-state index contributed by atoms with van der Waals surface area (Å²) in [5.74, 6) is -2.10. The molecule has 25 heavy (non-hydrogen) atoms. The number of hydrogen-bond acceptors (Lipinski definition) is 4. The Bertz CT molecular complexity index is 850. The van der Waals surface area contributed by atoms with Crippen LogP contribution in [0, 0.1) is 15.9 Å². The third-order valence-electron chi connectivity index (χ3n) is 3.04. The number of nitrogens with zero attached hydrogens (tertiary/aromatic N) is 2. The molecule has 10 heteroatoms. The lowest BCUT2D eigenvalue weighted by molar-refractivity contribution is -0.385. The molecule has 0 bridgehead atoms. The SMILES string of the molecule is O=C(NN=Cc1ccc(C(F)(F)F)cc1F)c1ccccc1[N+](=O)[O-]. The van der Waals surface area contributed by atoms with Gasteiger partial charge in [-0.2, -0.15) is 18.3 Å². The average Bonchev–Trinajstić information content (AvgIpc) is 2.55. The highest BCUT2D eigenvalue weighted by atomic mass is 19.4. The van der Waals surface area contributed by atoms with Crippen LogP contribution >= 0.6 is 0 Å². The molecule has 0 saturated carbocycles. The molecule has 0 radical (unpaired) electrons. The standard InChI is InChI=1S/C15H9F4N3O3/c16-12-7-10(15(17,18)19)6-5-9(12)8-20-21-14(23)11-3-1-2-4-13(11)22(24)25/h1-8H,(H,21,23).